The van der Waals surface area contributed by atoms with E-state index in [1.807, 2.05) is 0 Å². The predicted molar refractivity (Wildman–Crippen MR) is 119 cm³/mol. The SMILES string of the molecule is Cc1cn(C(=O)N[C@@H](C(=O)N[C@@H]2C(=O)N3[C@@H]2SC(C)(C)[C@@H]3C(=O)O)c2ccccc2)[nH]c1=O. The van der Waals surface area contributed by atoms with Gasteiger partial charge in [0.1, 0.15) is 23.5 Å². The second-order valence-electron chi connectivity index (χ2n) is 8.50. The molecule has 2 fully saturated rings. The second-order valence-corrected chi connectivity index (χ2v) is 10.3. The Balaban J connectivity index is 1.54. The van der Waals surface area contributed by atoms with Crippen LogP contribution in [0.1, 0.15) is 31.0 Å². The van der Waals surface area contributed by atoms with Crippen LogP contribution in [0.3, 0.4) is 0 Å². The second kappa shape index (κ2) is 8.10. The molecular weight excluding hydrogens is 450 g/mol. The molecule has 2 aliphatic heterocycles. The van der Waals surface area contributed by atoms with Gasteiger partial charge in [-0.3, -0.25) is 19.5 Å². The molecule has 2 aromatic rings. The molecule has 33 heavy (non-hydrogen) atoms. The van der Waals surface area contributed by atoms with E-state index in [0.29, 0.717) is 11.1 Å². The number of fused-ring (bicyclic) bond motifs is 1. The van der Waals surface area contributed by atoms with Crippen LogP contribution in [0.2, 0.25) is 0 Å². The maximum Gasteiger partial charge on any atom is 0.341 e. The summed E-state index contributed by atoms with van der Waals surface area (Å²) in [5.74, 6) is -2.21. The summed E-state index contributed by atoms with van der Waals surface area (Å²) in [6, 6.07) is 4.67. The number of hydrogen-bond acceptors (Lipinski definition) is 6. The van der Waals surface area contributed by atoms with Crippen LogP contribution in [0.5, 0.6) is 0 Å². The standard InChI is InChI=1S/C21H23N5O6S/c1-10-9-25(24-15(10)27)20(32)23-12(11-7-5-4-6-8-11)16(28)22-13-17(29)26-14(19(30)31)21(2,3)33-18(13)26/h4-9,12-14,18H,1-3H3,(H,22,28)(H,23,32)(H,24,27)(H,30,31)/t12-,13-,14+,18-/m1/s1. The van der Waals surface area contributed by atoms with Crippen molar-refractivity contribution in [3.63, 3.8) is 0 Å². The van der Waals surface area contributed by atoms with E-state index in [2.05, 4.69) is 15.7 Å². The summed E-state index contributed by atoms with van der Waals surface area (Å²) in [4.78, 5) is 63.2. The molecule has 3 heterocycles. The van der Waals surface area contributed by atoms with E-state index in [4.69, 9.17) is 0 Å². The number of carboxylic acids is 1. The maximum atomic E-state index is 13.2. The molecule has 1 aromatic heterocycles. The topological polar surface area (TPSA) is 154 Å². The van der Waals surface area contributed by atoms with E-state index in [1.165, 1.54) is 22.9 Å². The van der Waals surface area contributed by atoms with E-state index in [-0.39, 0.29) is 0 Å². The van der Waals surface area contributed by atoms with Crippen LogP contribution in [0.25, 0.3) is 0 Å². The number of aryl methyl sites for hydroxylation is 1. The average Bonchev–Trinajstić information content (AvgIpc) is 3.24. The first kappa shape index (κ1) is 22.6. The molecule has 0 unspecified atom stereocenters. The molecule has 0 spiro atoms. The molecule has 1 aromatic carbocycles. The van der Waals surface area contributed by atoms with Gasteiger partial charge in [0.05, 0.1) is 0 Å². The number of nitrogens with zero attached hydrogens (tertiary/aromatic N) is 2. The lowest BCUT2D eigenvalue weighted by atomic mass is 9.95. The van der Waals surface area contributed by atoms with Crippen molar-refractivity contribution in [3.05, 3.63) is 58.0 Å². The van der Waals surface area contributed by atoms with Gasteiger partial charge in [0.15, 0.2) is 0 Å². The van der Waals surface area contributed by atoms with Gasteiger partial charge < -0.3 is 20.6 Å². The normalized spacial score (nSPS) is 23.9. The molecule has 0 aliphatic carbocycles. The summed E-state index contributed by atoms with van der Waals surface area (Å²) in [6.45, 7) is 5.03. The van der Waals surface area contributed by atoms with Gasteiger partial charge in [-0.1, -0.05) is 30.3 Å². The van der Waals surface area contributed by atoms with Gasteiger partial charge in [-0.15, -0.1) is 11.8 Å². The van der Waals surface area contributed by atoms with Crippen molar-refractivity contribution in [3.8, 4) is 0 Å². The van der Waals surface area contributed by atoms with E-state index < -0.39 is 57.6 Å². The molecule has 4 rings (SSSR count). The molecule has 3 amide bonds. The number of carbonyl (C=O) groups excluding carboxylic acids is 3. The number of β-lactam (4-membered cyclic amide) rings is 1. The van der Waals surface area contributed by atoms with E-state index in [1.54, 1.807) is 51.1 Å². The molecule has 4 atom stereocenters. The van der Waals surface area contributed by atoms with Crippen LogP contribution in [0.4, 0.5) is 4.79 Å². The zero-order valence-corrected chi connectivity index (χ0v) is 18.9. The highest BCUT2D eigenvalue weighted by Crippen LogP contribution is 2.50. The molecule has 4 N–H and O–H groups in total. The number of H-pyrrole nitrogens is 1. The van der Waals surface area contributed by atoms with Gasteiger partial charge >= 0.3 is 12.0 Å². The zero-order valence-electron chi connectivity index (χ0n) is 18.1. The van der Waals surface area contributed by atoms with E-state index >= 15 is 0 Å². The first-order valence-electron chi connectivity index (χ1n) is 10.2. The van der Waals surface area contributed by atoms with Crippen molar-refractivity contribution in [2.75, 3.05) is 0 Å². The smallest absolute Gasteiger partial charge is 0.341 e. The quantitative estimate of drug-likeness (QED) is 0.459. The number of nitrogens with one attached hydrogen (secondary N) is 3. The van der Waals surface area contributed by atoms with Gasteiger partial charge in [-0.05, 0) is 26.3 Å². The summed E-state index contributed by atoms with van der Waals surface area (Å²) in [5.41, 5.74) is 0.376. The number of aromatic nitrogens is 2. The molecule has 2 saturated heterocycles. The summed E-state index contributed by atoms with van der Waals surface area (Å²) < 4.78 is 0.223. The Labute approximate surface area is 192 Å². The fourth-order valence-corrected chi connectivity index (χ4v) is 5.74. The van der Waals surface area contributed by atoms with Crippen molar-refractivity contribution in [1.29, 1.82) is 0 Å². The fourth-order valence-electron chi connectivity index (χ4n) is 4.11. The Morgan fingerprint density at radius 3 is 2.42 bits per heavy atom. The van der Waals surface area contributed by atoms with Crippen LogP contribution >= 0.6 is 11.8 Å². The third-order valence-electron chi connectivity index (χ3n) is 5.76. The summed E-state index contributed by atoms with van der Waals surface area (Å²) in [7, 11) is 0. The van der Waals surface area contributed by atoms with Gasteiger partial charge in [0, 0.05) is 16.5 Å². The summed E-state index contributed by atoms with van der Waals surface area (Å²) in [6.07, 6.45) is 1.31. The van der Waals surface area contributed by atoms with Crippen molar-refractivity contribution >= 4 is 35.6 Å². The molecule has 174 valence electrons. The predicted octanol–water partition coefficient (Wildman–Crippen LogP) is 0.416. The molecule has 12 heteroatoms. The lowest BCUT2D eigenvalue weighted by Crippen LogP contribution is -2.71. The van der Waals surface area contributed by atoms with Crippen LogP contribution in [0, 0.1) is 6.92 Å². The zero-order chi connectivity index (χ0) is 24.1. The Morgan fingerprint density at radius 2 is 1.85 bits per heavy atom. The van der Waals surface area contributed by atoms with Crippen LogP contribution in [-0.4, -0.2) is 65.8 Å². The lowest BCUT2D eigenvalue weighted by molar-refractivity contribution is -0.161. The molecular formula is C21H23N5O6S. The minimum atomic E-state index is -1.15. The van der Waals surface area contributed by atoms with Crippen molar-refractivity contribution in [2.24, 2.45) is 0 Å². The van der Waals surface area contributed by atoms with Gasteiger partial charge in [0.25, 0.3) is 5.56 Å². The highest BCUT2D eigenvalue weighted by Gasteiger charge is 2.64. The molecule has 11 nitrogen and oxygen atoms in total. The Kier molecular flexibility index (Phi) is 5.56. The number of aliphatic carboxylic acids is 1. The number of amides is 3. The van der Waals surface area contributed by atoms with Crippen LogP contribution < -0.4 is 16.2 Å². The average molecular weight is 474 g/mol. The number of aromatic amines is 1. The minimum Gasteiger partial charge on any atom is -0.480 e. The highest BCUT2D eigenvalue weighted by atomic mass is 32.2. The van der Waals surface area contributed by atoms with Crippen molar-refractivity contribution < 1.29 is 24.3 Å². The molecule has 0 radical (unpaired) electrons. The summed E-state index contributed by atoms with van der Waals surface area (Å²) in [5, 5.41) is 16.6. The third-order valence-corrected chi connectivity index (χ3v) is 7.33. The third kappa shape index (κ3) is 3.90. The van der Waals surface area contributed by atoms with Crippen molar-refractivity contribution in [2.45, 2.75) is 49.0 Å². The van der Waals surface area contributed by atoms with Crippen molar-refractivity contribution in [1.82, 2.24) is 25.3 Å². The van der Waals surface area contributed by atoms with Gasteiger partial charge in [-0.2, -0.15) is 0 Å². The molecule has 2 aliphatic rings. The van der Waals surface area contributed by atoms with Gasteiger partial charge in [-0.25, -0.2) is 14.3 Å². The number of benzene rings is 1. The largest absolute Gasteiger partial charge is 0.480 e. The Hall–Kier alpha value is -3.54. The number of hydrogen-bond donors (Lipinski definition) is 4. The minimum absolute atomic E-state index is 0.333. The maximum absolute atomic E-state index is 13.2. The first-order chi connectivity index (χ1) is 15.5. The fraction of sp³-hybridized carbons (Fsp3) is 0.381. The lowest BCUT2D eigenvalue weighted by Gasteiger charge is -2.44. The molecule has 0 bridgehead atoms. The first-order valence-corrected chi connectivity index (χ1v) is 11.1. The Bertz CT molecular complexity index is 1190. The van der Waals surface area contributed by atoms with E-state index in [9.17, 15) is 29.1 Å². The van der Waals surface area contributed by atoms with Gasteiger partial charge in [0.2, 0.25) is 11.8 Å². The highest BCUT2D eigenvalue weighted by molar-refractivity contribution is 8.01. The monoisotopic (exact) mass is 473 g/mol. The van der Waals surface area contributed by atoms with Crippen LogP contribution in [0.15, 0.2) is 41.3 Å². The number of rotatable bonds is 5. The molecule has 0 saturated carbocycles. The van der Waals surface area contributed by atoms with E-state index in [0.717, 1.165) is 4.68 Å². The summed E-state index contributed by atoms with van der Waals surface area (Å²) >= 11 is 1.31. The number of carbonyl (C=O) groups is 4. The number of thioether (sulfide) groups is 1. The van der Waals surface area contributed by atoms with Crippen LogP contribution in [-0.2, 0) is 14.4 Å². The Morgan fingerprint density at radius 1 is 1.18 bits per heavy atom. The number of carboxylic acid groups (broad SMARTS) is 1.